The van der Waals surface area contributed by atoms with E-state index in [-0.39, 0.29) is 25.1 Å². The van der Waals surface area contributed by atoms with Gasteiger partial charge in [0.05, 0.1) is 0 Å². The summed E-state index contributed by atoms with van der Waals surface area (Å²) in [6, 6.07) is 6.75. The van der Waals surface area contributed by atoms with Crippen LogP contribution >= 0.6 is 0 Å². The van der Waals surface area contributed by atoms with Crippen molar-refractivity contribution in [3.63, 3.8) is 0 Å². The van der Waals surface area contributed by atoms with Gasteiger partial charge in [-0.1, -0.05) is 0 Å². The van der Waals surface area contributed by atoms with Crippen LogP contribution in [0.4, 0.5) is 10.4 Å². The first-order valence-electron chi connectivity index (χ1n) is 6.27. The fourth-order valence-electron chi connectivity index (χ4n) is 2.07. The number of nitro benzene ring substituents is 1. The Morgan fingerprint density at radius 1 is 1.35 bits per heavy atom. The summed E-state index contributed by atoms with van der Waals surface area (Å²) in [4.78, 5) is 17.2. The summed E-state index contributed by atoms with van der Waals surface area (Å²) in [5, 5.41) is 10.8. The summed E-state index contributed by atoms with van der Waals surface area (Å²) in [6.45, 7) is 3.22. The number of hydrogen-bond acceptors (Lipinski definition) is 5. The van der Waals surface area contributed by atoms with Crippen LogP contribution in [0.15, 0.2) is 30.5 Å². The van der Waals surface area contributed by atoms with Gasteiger partial charge in [-0.3, -0.25) is 0 Å². The van der Waals surface area contributed by atoms with E-state index in [0.29, 0.717) is 0 Å². The Morgan fingerprint density at radius 3 is 2.90 bits per heavy atom. The number of benzene rings is 1. The quantitative estimate of drug-likeness (QED) is 0.483. The van der Waals surface area contributed by atoms with Crippen molar-refractivity contribution in [2.24, 2.45) is 0 Å². The number of nitrogens with zero attached hydrogens (tertiary/aromatic N) is 3. The van der Waals surface area contributed by atoms with E-state index in [4.69, 9.17) is 4.74 Å². The van der Waals surface area contributed by atoms with E-state index in [9.17, 15) is 10.1 Å². The van der Waals surface area contributed by atoms with E-state index in [1.807, 2.05) is 12.3 Å². The van der Waals surface area contributed by atoms with Crippen LogP contribution in [0, 0.1) is 10.1 Å². The summed E-state index contributed by atoms with van der Waals surface area (Å²) in [6.07, 6.45) is 1.84. The van der Waals surface area contributed by atoms with E-state index < -0.39 is 0 Å². The van der Waals surface area contributed by atoms with E-state index in [0.717, 1.165) is 41.0 Å². The molecule has 1 aliphatic rings. The topological polar surface area (TPSA) is 68.5 Å². The molecule has 6 nitrogen and oxygen atoms in total. The van der Waals surface area contributed by atoms with Gasteiger partial charge in [0.1, 0.15) is 0 Å². The van der Waals surface area contributed by atoms with Gasteiger partial charge in [0.15, 0.2) is 0 Å². The van der Waals surface area contributed by atoms with Gasteiger partial charge in [-0.15, -0.1) is 0 Å². The molecule has 0 spiro atoms. The second-order valence-corrected chi connectivity index (χ2v) is 6.53. The average molecular weight is 338 g/mol. The van der Waals surface area contributed by atoms with Crippen molar-refractivity contribution in [3.8, 4) is 10.0 Å². The van der Waals surface area contributed by atoms with Crippen molar-refractivity contribution < 1.29 is 9.66 Å². The predicted octanol–water partition coefficient (Wildman–Crippen LogP) is 1.55. The summed E-state index contributed by atoms with van der Waals surface area (Å²) >= 11 is 0.104. The molecule has 7 heteroatoms. The van der Waals surface area contributed by atoms with Crippen LogP contribution in [0.1, 0.15) is 0 Å². The first-order chi connectivity index (χ1) is 9.74. The maximum atomic E-state index is 10.8. The van der Waals surface area contributed by atoms with Crippen molar-refractivity contribution in [1.82, 2.24) is 4.98 Å². The number of ether oxygens (including phenoxy) is 1. The molecule has 1 saturated heterocycles. The Balaban J connectivity index is 1.85. The normalized spacial score (nSPS) is 15.3. The standard InChI is InChI=1S/C13H13N3O3Se/c17-16(18)11-3-1-2-10(8-11)12-9-14-13(20-12)15-4-6-19-7-5-15/h1-3,8-9H,4-7H2. The molecule has 2 heterocycles. The third-order valence-corrected chi connectivity index (χ3v) is 5.44. The number of hydrogen-bond donors (Lipinski definition) is 0. The molecule has 0 N–H and O–H groups in total. The average Bonchev–Trinajstić information content (AvgIpc) is 2.98. The fraction of sp³-hybridized carbons (Fsp3) is 0.308. The molecule has 1 aliphatic heterocycles. The zero-order valence-electron chi connectivity index (χ0n) is 10.7. The Bertz CT molecular complexity index is 623. The summed E-state index contributed by atoms with van der Waals surface area (Å²) < 4.78 is 7.50. The Hall–Kier alpha value is -1.69. The molecule has 1 aromatic carbocycles. The molecule has 20 heavy (non-hydrogen) atoms. The molecule has 0 bridgehead atoms. The molecule has 0 unspecified atom stereocenters. The van der Waals surface area contributed by atoms with Gasteiger partial charge in [-0.25, -0.2) is 0 Å². The summed E-state index contributed by atoms with van der Waals surface area (Å²) in [5.41, 5.74) is 1.02. The van der Waals surface area contributed by atoms with Crippen molar-refractivity contribution in [3.05, 3.63) is 40.6 Å². The summed E-state index contributed by atoms with van der Waals surface area (Å²) in [7, 11) is 0. The zero-order valence-corrected chi connectivity index (χ0v) is 12.4. The first-order valence-corrected chi connectivity index (χ1v) is 7.99. The van der Waals surface area contributed by atoms with Crippen molar-refractivity contribution in [1.29, 1.82) is 0 Å². The second-order valence-electron chi connectivity index (χ2n) is 4.41. The van der Waals surface area contributed by atoms with Crippen LogP contribution in [0.25, 0.3) is 10.0 Å². The summed E-state index contributed by atoms with van der Waals surface area (Å²) in [5.74, 6) is 0. The predicted molar refractivity (Wildman–Crippen MR) is 76.3 cm³/mol. The van der Waals surface area contributed by atoms with E-state index in [2.05, 4.69) is 9.88 Å². The molecule has 0 aliphatic carbocycles. The van der Waals surface area contributed by atoms with Gasteiger partial charge in [0.25, 0.3) is 0 Å². The molecule has 2 aromatic rings. The number of nitro groups is 1. The SMILES string of the molecule is O=[N+]([O-])c1cccc(-c2cnc(N3CCOCC3)[se]2)c1. The molecular weight excluding hydrogens is 325 g/mol. The van der Waals surface area contributed by atoms with Crippen molar-refractivity contribution in [2.75, 3.05) is 31.2 Å². The van der Waals surface area contributed by atoms with E-state index in [1.54, 1.807) is 12.1 Å². The van der Waals surface area contributed by atoms with Crippen LogP contribution < -0.4 is 4.90 Å². The van der Waals surface area contributed by atoms with Crippen LogP contribution in [-0.2, 0) is 4.74 Å². The fourth-order valence-corrected chi connectivity index (χ4v) is 4.09. The molecule has 0 amide bonds. The minimum atomic E-state index is -0.365. The van der Waals surface area contributed by atoms with Gasteiger partial charge in [0.2, 0.25) is 0 Å². The number of non-ortho nitro benzene ring substituents is 1. The molecule has 0 radical (unpaired) electrons. The van der Waals surface area contributed by atoms with Crippen LogP contribution in [0.2, 0.25) is 0 Å². The van der Waals surface area contributed by atoms with Gasteiger partial charge in [-0.05, 0) is 0 Å². The molecule has 3 rings (SSSR count). The Morgan fingerprint density at radius 2 is 2.15 bits per heavy atom. The third-order valence-electron chi connectivity index (χ3n) is 3.12. The molecule has 0 saturated carbocycles. The van der Waals surface area contributed by atoms with Gasteiger partial charge in [-0.2, -0.15) is 0 Å². The monoisotopic (exact) mass is 339 g/mol. The van der Waals surface area contributed by atoms with Gasteiger partial charge < -0.3 is 0 Å². The number of aromatic nitrogens is 1. The van der Waals surface area contributed by atoms with E-state index in [1.165, 1.54) is 6.07 Å². The number of rotatable bonds is 3. The second kappa shape index (κ2) is 5.75. The zero-order chi connectivity index (χ0) is 13.9. The van der Waals surface area contributed by atoms with E-state index >= 15 is 0 Å². The van der Waals surface area contributed by atoms with Crippen molar-refractivity contribution >= 4 is 24.9 Å². The molecule has 0 atom stereocenters. The Labute approximate surface area is 121 Å². The van der Waals surface area contributed by atoms with Gasteiger partial charge in [0, 0.05) is 0 Å². The molecule has 1 aromatic heterocycles. The molecule has 1 fully saturated rings. The first kappa shape index (κ1) is 13.3. The number of morpholine rings is 1. The molecule has 104 valence electrons. The Kier molecular flexibility index (Phi) is 3.82. The number of anilines is 1. The van der Waals surface area contributed by atoms with Crippen LogP contribution in [0.5, 0.6) is 0 Å². The minimum absolute atomic E-state index is 0.104. The van der Waals surface area contributed by atoms with Gasteiger partial charge >= 0.3 is 121 Å². The molecular formula is C13H13N3O3Se. The van der Waals surface area contributed by atoms with Crippen molar-refractivity contribution in [2.45, 2.75) is 0 Å². The maximum absolute atomic E-state index is 10.8. The van der Waals surface area contributed by atoms with Crippen LogP contribution in [0.3, 0.4) is 0 Å². The third kappa shape index (κ3) is 2.75. The van der Waals surface area contributed by atoms with Crippen LogP contribution in [-0.4, -0.2) is 50.7 Å².